The van der Waals surface area contributed by atoms with Crippen LogP contribution in [0.5, 0.6) is 0 Å². The summed E-state index contributed by atoms with van der Waals surface area (Å²) in [5.41, 5.74) is 9.81. The average Bonchev–Trinajstić information content (AvgIpc) is 2.55. The van der Waals surface area contributed by atoms with Crippen molar-refractivity contribution in [1.82, 2.24) is 14.7 Å². The van der Waals surface area contributed by atoms with E-state index in [1.807, 2.05) is 25.8 Å². The summed E-state index contributed by atoms with van der Waals surface area (Å²) in [5.74, 6) is 0.826. The first kappa shape index (κ1) is 24.2. The summed E-state index contributed by atoms with van der Waals surface area (Å²) < 4.78 is 23.9. The Kier molecular flexibility index (Phi) is 11.0. The lowest BCUT2D eigenvalue weighted by molar-refractivity contribution is 0.268. The van der Waals surface area contributed by atoms with E-state index in [-0.39, 0.29) is 5.92 Å². The van der Waals surface area contributed by atoms with E-state index in [4.69, 9.17) is 10.6 Å². The number of hydrogen-bond acceptors (Lipinski definition) is 8. The maximum atomic E-state index is 11.4. The quantitative estimate of drug-likeness (QED) is 0.290. The summed E-state index contributed by atoms with van der Waals surface area (Å²) in [6.07, 6.45) is 5.77. The molecule has 2 atom stereocenters. The van der Waals surface area contributed by atoms with Gasteiger partial charge in [-0.25, -0.2) is 18.8 Å². The van der Waals surface area contributed by atoms with Crippen molar-refractivity contribution in [3.63, 3.8) is 0 Å². The Hall–Kier alpha value is -1.75. The predicted molar refractivity (Wildman–Crippen MR) is 107 cm³/mol. The van der Waals surface area contributed by atoms with Gasteiger partial charge >= 0.3 is 0 Å². The van der Waals surface area contributed by atoms with Crippen molar-refractivity contribution in [1.29, 1.82) is 0 Å². The van der Waals surface area contributed by atoms with Gasteiger partial charge in [0.15, 0.2) is 0 Å². The number of nitrogens with one attached hydrogen (secondary N) is 1. The van der Waals surface area contributed by atoms with Gasteiger partial charge in [-0.3, -0.25) is 0 Å². The smallest absolute Gasteiger partial charge is 0.223 e. The summed E-state index contributed by atoms with van der Waals surface area (Å²) in [5, 5.41) is 3.61. The van der Waals surface area contributed by atoms with Crippen LogP contribution in [0.2, 0.25) is 0 Å². The minimum absolute atomic E-state index is 0.155. The first-order chi connectivity index (χ1) is 12.0. The molecule has 150 valence electrons. The molecular weight excluding hydrogens is 356 g/mol. The van der Waals surface area contributed by atoms with Crippen molar-refractivity contribution in [2.75, 3.05) is 33.4 Å². The Morgan fingerprint density at radius 3 is 2.54 bits per heavy atom. The second kappa shape index (κ2) is 11.8. The summed E-state index contributed by atoms with van der Waals surface area (Å²) in [7, 11) is 0.101. The fraction of sp³-hybridized carbons (Fsp3) is 0.625. The highest BCUT2D eigenvalue weighted by Gasteiger charge is 2.16. The third kappa shape index (κ3) is 9.09. The lowest BCUT2D eigenvalue weighted by Gasteiger charge is -2.27. The van der Waals surface area contributed by atoms with Gasteiger partial charge in [-0.15, -0.1) is 4.41 Å². The monoisotopic (exact) mass is 388 g/mol. The molecule has 2 unspecified atom stereocenters. The maximum Gasteiger partial charge on any atom is 0.223 e. The van der Waals surface area contributed by atoms with Crippen LogP contribution in [0.3, 0.4) is 0 Å². The van der Waals surface area contributed by atoms with E-state index >= 15 is 0 Å². The van der Waals surface area contributed by atoms with E-state index < -0.39 is 16.1 Å². The van der Waals surface area contributed by atoms with Gasteiger partial charge in [0.2, 0.25) is 10.0 Å². The highest BCUT2D eigenvalue weighted by atomic mass is 32.2. The molecule has 0 aliphatic rings. The Morgan fingerprint density at radius 2 is 2.04 bits per heavy atom. The molecule has 0 spiro atoms. The van der Waals surface area contributed by atoms with E-state index in [2.05, 4.69) is 22.3 Å². The van der Waals surface area contributed by atoms with E-state index in [9.17, 15) is 8.42 Å². The average molecular weight is 389 g/mol. The molecule has 10 heteroatoms. The zero-order valence-electron chi connectivity index (χ0n) is 16.5. The summed E-state index contributed by atoms with van der Waals surface area (Å²) in [6.45, 7) is 10.4. The minimum atomic E-state index is -3.26. The Labute approximate surface area is 157 Å². The fourth-order valence-corrected chi connectivity index (χ4v) is 2.38. The van der Waals surface area contributed by atoms with Crippen LogP contribution in [-0.4, -0.2) is 70.1 Å². The van der Waals surface area contributed by atoms with Crippen LogP contribution in [0.15, 0.2) is 33.9 Å². The molecule has 0 radical (unpaired) electrons. The van der Waals surface area contributed by atoms with E-state index in [1.54, 1.807) is 13.0 Å². The van der Waals surface area contributed by atoms with Crippen LogP contribution < -0.4 is 11.2 Å². The second-order valence-electron chi connectivity index (χ2n) is 6.07. The Bertz CT molecular complexity index is 630. The van der Waals surface area contributed by atoms with E-state index in [0.29, 0.717) is 18.9 Å². The molecule has 0 aromatic carbocycles. The first-order valence-corrected chi connectivity index (χ1v) is 10.0. The van der Waals surface area contributed by atoms with Crippen molar-refractivity contribution in [3.8, 4) is 0 Å². The van der Waals surface area contributed by atoms with Gasteiger partial charge in [-0.2, -0.15) is 0 Å². The lowest BCUT2D eigenvalue weighted by Crippen LogP contribution is -2.42. The van der Waals surface area contributed by atoms with Gasteiger partial charge in [0, 0.05) is 33.4 Å². The van der Waals surface area contributed by atoms with Crippen molar-refractivity contribution in [2.24, 2.45) is 21.8 Å². The second-order valence-corrected chi connectivity index (χ2v) is 8.08. The van der Waals surface area contributed by atoms with Gasteiger partial charge in [0.1, 0.15) is 12.1 Å². The van der Waals surface area contributed by atoms with Crippen LogP contribution >= 0.6 is 0 Å². The number of hydrogen-bond donors (Lipinski definition) is 2. The van der Waals surface area contributed by atoms with E-state index in [0.717, 1.165) is 16.2 Å². The summed E-state index contributed by atoms with van der Waals surface area (Å²) in [6, 6.07) is -0.394. The standard InChI is InChI=1S/C16H32N6O3S/c1-8-20-25-10-9-15(17)14(3)16(18-4)21(5)12-13(2)11-19-22(6)26(7,23)24/h8-10,13,15,19H,4,11-12,17H2,1-3,5-7H3/b10-9+,16-14+,20-8+. The highest BCUT2D eigenvalue weighted by molar-refractivity contribution is 7.88. The zero-order valence-corrected chi connectivity index (χ0v) is 17.3. The number of rotatable bonds is 12. The summed E-state index contributed by atoms with van der Waals surface area (Å²) in [4.78, 5) is 10.9. The van der Waals surface area contributed by atoms with Gasteiger partial charge in [-0.1, -0.05) is 12.1 Å². The molecule has 0 aromatic heterocycles. The number of nitrogens with two attached hydrogens (primary N) is 1. The van der Waals surface area contributed by atoms with Crippen molar-refractivity contribution in [2.45, 2.75) is 26.8 Å². The van der Waals surface area contributed by atoms with Gasteiger partial charge in [0.05, 0.1) is 12.3 Å². The number of aliphatic imine (C=N–C) groups is 1. The third-order valence-electron chi connectivity index (χ3n) is 3.62. The Morgan fingerprint density at radius 1 is 1.42 bits per heavy atom. The molecule has 0 heterocycles. The Balaban J connectivity index is 4.87. The minimum Gasteiger partial charge on any atom is -0.365 e. The molecule has 0 bridgehead atoms. The topological polar surface area (TPSA) is 113 Å². The van der Waals surface area contributed by atoms with Crippen LogP contribution in [0.1, 0.15) is 20.8 Å². The molecule has 0 saturated heterocycles. The first-order valence-electron chi connectivity index (χ1n) is 8.16. The van der Waals surface area contributed by atoms with Gasteiger partial charge in [0.25, 0.3) is 0 Å². The predicted octanol–water partition coefficient (Wildman–Crippen LogP) is 0.746. The van der Waals surface area contributed by atoms with Crippen molar-refractivity contribution >= 4 is 23.0 Å². The molecule has 9 nitrogen and oxygen atoms in total. The lowest BCUT2D eigenvalue weighted by atomic mass is 10.1. The number of hydrazine groups is 1. The van der Waals surface area contributed by atoms with Crippen LogP contribution in [0, 0.1) is 5.92 Å². The number of oxime groups is 1. The molecule has 0 rings (SSSR count). The molecule has 0 amide bonds. The summed E-state index contributed by atoms with van der Waals surface area (Å²) >= 11 is 0. The number of sulfonamides is 1. The van der Waals surface area contributed by atoms with E-state index in [1.165, 1.54) is 19.5 Å². The molecule has 0 fully saturated rings. The molecule has 0 saturated carbocycles. The van der Waals surface area contributed by atoms with Crippen molar-refractivity contribution in [3.05, 3.63) is 23.7 Å². The highest BCUT2D eigenvalue weighted by Crippen LogP contribution is 2.15. The zero-order chi connectivity index (χ0) is 20.3. The largest absolute Gasteiger partial charge is 0.365 e. The fourth-order valence-electron chi connectivity index (χ4n) is 2.08. The molecule has 3 N–H and O–H groups in total. The third-order valence-corrected chi connectivity index (χ3v) is 4.75. The molecule has 0 aliphatic carbocycles. The van der Waals surface area contributed by atoms with Crippen molar-refractivity contribution < 1.29 is 13.3 Å². The molecule has 0 aliphatic heterocycles. The van der Waals surface area contributed by atoms with Crippen LogP contribution in [0.25, 0.3) is 0 Å². The molecular formula is C16H32N6O3S. The van der Waals surface area contributed by atoms with Crippen LogP contribution in [0.4, 0.5) is 0 Å². The number of nitrogens with zero attached hydrogens (tertiary/aromatic N) is 4. The normalized spacial score (nSPS) is 16.0. The van der Waals surface area contributed by atoms with Gasteiger partial charge in [-0.05, 0) is 38.1 Å². The molecule has 26 heavy (non-hydrogen) atoms. The molecule has 0 aromatic rings. The maximum absolute atomic E-state index is 11.4. The van der Waals surface area contributed by atoms with Crippen LogP contribution in [-0.2, 0) is 14.9 Å². The SMILES string of the molecule is C=N/C(=C(/C)C(N)/C=C/O/N=C/C)N(C)CC(C)CNN(C)S(C)(=O)=O. The van der Waals surface area contributed by atoms with Gasteiger partial charge < -0.3 is 15.5 Å².